The van der Waals surface area contributed by atoms with Crippen molar-refractivity contribution in [2.75, 3.05) is 30.8 Å². The molecule has 0 radical (unpaired) electrons. The molecule has 2 unspecified atom stereocenters. The molecule has 2 atom stereocenters. The van der Waals surface area contributed by atoms with Crippen LogP contribution in [0.1, 0.15) is 44.0 Å². The predicted molar refractivity (Wildman–Crippen MR) is 86.9 cm³/mol. The number of piperidine rings is 1. The van der Waals surface area contributed by atoms with Crippen molar-refractivity contribution in [2.24, 2.45) is 0 Å². The van der Waals surface area contributed by atoms with Crippen LogP contribution in [0.3, 0.4) is 0 Å². The van der Waals surface area contributed by atoms with E-state index in [1.54, 1.807) is 0 Å². The number of aromatic nitrogens is 2. The van der Waals surface area contributed by atoms with E-state index in [-0.39, 0.29) is 0 Å². The van der Waals surface area contributed by atoms with E-state index < -0.39 is 0 Å². The molecule has 3 rings (SSSR count). The number of anilines is 2. The maximum atomic E-state index is 4.72. The summed E-state index contributed by atoms with van der Waals surface area (Å²) in [5, 5.41) is 6.92. The lowest BCUT2D eigenvalue weighted by Crippen LogP contribution is -2.42. The zero-order chi connectivity index (χ0) is 14.8. The van der Waals surface area contributed by atoms with Crippen molar-refractivity contribution in [3.63, 3.8) is 0 Å². The van der Waals surface area contributed by atoms with Gasteiger partial charge in [-0.2, -0.15) is 0 Å². The molecule has 0 saturated carbocycles. The summed E-state index contributed by atoms with van der Waals surface area (Å²) in [6.45, 7) is 6.70. The molecule has 0 bridgehead atoms. The first kappa shape index (κ1) is 14.6. The Labute approximate surface area is 127 Å². The monoisotopic (exact) mass is 289 g/mol. The zero-order valence-electron chi connectivity index (χ0n) is 13.4. The lowest BCUT2D eigenvalue weighted by Gasteiger charge is -2.33. The van der Waals surface area contributed by atoms with Gasteiger partial charge in [0.2, 0.25) is 0 Å². The highest BCUT2D eigenvalue weighted by atomic mass is 15.2. The normalized spacial score (nSPS) is 25.7. The van der Waals surface area contributed by atoms with E-state index in [1.165, 1.54) is 38.8 Å². The number of hydrogen-bond donors (Lipinski definition) is 2. The predicted octanol–water partition coefficient (Wildman–Crippen LogP) is 2.43. The van der Waals surface area contributed by atoms with E-state index in [0.717, 1.165) is 29.4 Å². The van der Waals surface area contributed by atoms with E-state index in [9.17, 15) is 0 Å². The van der Waals surface area contributed by atoms with Gasteiger partial charge in [0.1, 0.15) is 17.5 Å². The summed E-state index contributed by atoms with van der Waals surface area (Å²) in [5.41, 5.74) is 1.13. The number of nitrogens with zero attached hydrogens (tertiary/aromatic N) is 3. The molecule has 3 heterocycles. The fourth-order valence-electron chi connectivity index (χ4n) is 3.70. The highest BCUT2D eigenvalue weighted by molar-refractivity contribution is 5.57. The number of rotatable bonds is 4. The standard InChI is InChI=1S/C16H27N5/c1-4-14-19-15(17-3)11(2)16(20-14)18-12-8-10-21-9-6-5-7-13(12)21/h12-13H,4-10H2,1-3H3,(H2,17,18,19,20). The minimum absolute atomic E-state index is 0.535. The van der Waals surface area contributed by atoms with Gasteiger partial charge >= 0.3 is 0 Å². The average Bonchev–Trinajstić information content (AvgIpc) is 2.92. The highest BCUT2D eigenvalue weighted by Gasteiger charge is 2.35. The van der Waals surface area contributed by atoms with Crippen LogP contribution in [0.25, 0.3) is 0 Å². The van der Waals surface area contributed by atoms with Crippen LogP contribution in [0.5, 0.6) is 0 Å². The SMILES string of the molecule is CCc1nc(NC)c(C)c(NC2CCN3CCCCC23)n1. The van der Waals surface area contributed by atoms with Gasteiger partial charge in [-0.1, -0.05) is 13.3 Å². The maximum Gasteiger partial charge on any atom is 0.135 e. The van der Waals surface area contributed by atoms with Crippen LogP contribution >= 0.6 is 0 Å². The molecule has 21 heavy (non-hydrogen) atoms. The molecule has 2 aliphatic rings. The Morgan fingerprint density at radius 3 is 2.71 bits per heavy atom. The molecule has 2 saturated heterocycles. The third kappa shape index (κ3) is 2.84. The van der Waals surface area contributed by atoms with E-state index in [2.05, 4.69) is 34.4 Å². The molecule has 2 N–H and O–H groups in total. The second kappa shape index (κ2) is 6.18. The molecule has 2 aliphatic heterocycles. The van der Waals surface area contributed by atoms with Crippen molar-refractivity contribution < 1.29 is 0 Å². The summed E-state index contributed by atoms with van der Waals surface area (Å²) in [4.78, 5) is 11.9. The van der Waals surface area contributed by atoms with E-state index >= 15 is 0 Å². The molecular weight excluding hydrogens is 262 g/mol. The Bertz CT molecular complexity index is 502. The van der Waals surface area contributed by atoms with Crippen molar-refractivity contribution in [1.29, 1.82) is 0 Å². The molecule has 1 aromatic rings. The van der Waals surface area contributed by atoms with Crippen molar-refractivity contribution >= 4 is 11.6 Å². The fraction of sp³-hybridized carbons (Fsp3) is 0.750. The zero-order valence-corrected chi connectivity index (χ0v) is 13.4. The lowest BCUT2D eigenvalue weighted by molar-refractivity contribution is 0.192. The van der Waals surface area contributed by atoms with Crippen LogP contribution in [-0.2, 0) is 6.42 Å². The Kier molecular flexibility index (Phi) is 4.29. The molecule has 116 valence electrons. The number of hydrogen-bond acceptors (Lipinski definition) is 5. The summed E-state index contributed by atoms with van der Waals surface area (Å²) < 4.78 is 0. The summed E-state index contributed by atoms with van der Waals surface area (Å²) in [7, 11) is 1.93. The summed E-state index contributed by atoms with van der Waals surface area (Å²) in [6.07, 6.45) is 6.14. The van der Waals surface area contributed by atoms with E-state index in [1.807, 2.05) is 7.05 Å². The third-order valence-corrected chi connectivity index (χ3v) is 4.92. The number of aryl methyl sites for hydroxylation is 1. The highest BCUT2D eigenvalue weighted by Crippen LogP contribution is 2.30. The molecule has 2 fully saturated rings. The minimum atomic E-state index is 0.535. The smallest absolute Gasteiger partial charge is 0.135 e. The fourth-order valence-corrected chi connectivity index (χ4v) is 3.70. The molecule has 0 aliphatic carbocycles. The molecule has 1 aromatic heterocycles. The maximum absolute atomic E-state index is 4.72. The summed E-state index contributed by atoms with van der Waals surface area (Å²) in [6, 6.07) is 1.23. The van der Waals surface area contributed by atoms with Gasteiger partial charge in [-0.05, 0) is 32.7 Å². The molecular formula is C16H27N5. The van der Waals surface area contributed by atoms with E-state index in [0.29, 0.717) is 12.1 Å². The largest absolute Gasteiger partial charge is 0.373 e. The van der Waals surface area contributed by atoms with E-state index in [4.69, 9.17) is 4.98 Å². The first-order valence-corrected chi connectivity index (χ1v) is 8.28. The Balaban J connectivity index is 1.81. The van der Waals surface area contributed by atoms with Crippen LogP contribution in [0.15, 0.2) is 0 Å². The van der Waals surface area contributed by atoms with Gasteiger partial charge in [0.15, 0.2) is 0 Å². The molecule has 5 heteroatoms. The van der Waals surface area contributed by atoms with Gasteiger partial charge in [-0.25, -0.2) is 9.97 Å². The van der Waals surface area contributed by atoms with Crippen LogP contribution in [0.4, 0.5) is 11.6 Å². The summed E-state index contributed by atoms with van der Waals surface area (Å²) >= 11 is 0. The minimum Gasteiger partial charge on any atom is -0.373 e. The van der Waals surface area contributed by atoms with Crippen LogP contribution in [0, 0.1) is 6.92 Å². The second-order valence-corrected chi connectivity index (χ2v) is 6.20. The topological polar surface area (TPSA) is 53.1 Å². The van der Waals surface area contributed by atoms with Crippen LogP contribution < -0.4 is 10.6 Å². The van der Waals surface area contributed by atoms with Crippen molar-refractivity contribution in [3.05, 3.63) is 11.4 Å². The summed E-state index contributed by atoms with van der Waals surface area (Å²) in [5.74, 6) is 2.87. The number of fused-ring (bicyclic) bond motifs is 1. The van der Waals surface area contributed by atoms with Gasteiger partial charge in [0.05, 0.1) is 0 Å². The quantitative estimate of drug-likeness (QED) is 0.891. The molecule has 0 aromatic carbocycles. The Morgan fingerprint density at radius 2 is 1.95 bits per heavy atom. The van der Waals surface area contributed by atoms with Crippen LogP contribution in [-0.4, -0.2) is 47.1 Å². The molecule has 0 spiro atoms. The molecule has 5 nitrogen and oxygen atoms in total. The lowest BCUT2D eigenvalue weighted by atomic mass is 9.99. The first-order valence-electron chi connectivity index (χ1n) is 8.28. The van der Waals surface area contributed by atoms with Crippen LogP contribution in [0.2, 0.25) is 0 Å². The van der Waals surface area contributed by atoms with Gasteiger partial charge in [0, 0.05) is 37.7 Å². The van der Waals surface area contributed by atoms with Crippen molar-refractivity contribution in [1.82, 2.24) is 14.9 Å². The van der Waals surface area contributed by atoms with Crippen molar-refractivity contribution in [2.45, 2.75) is 58.0 Å². The third-order valence-electron chi connectivity index (χ3n) is 4.92. The average molecular weight is 289 g/mol. The Hall–Kier alpha value is -1.36. The number of nitrogens with one attached hydrogen (secondary N) is 2. The van der Waals surface area contributed by atoms with Crippen molar-refractivity contribution in [3.8, 4) is 0 Å². The van der Waals surface area contributed by atoms with Gasteiger partial charge in [-0.3, -0.25) is 4.90 Å². The molecule has 0 amide bonds. The Morgan fingerprint density at radius 1 is 1.14 bits per heavy atom. The second-order valence-electron chi connectivity index (χ2n) is 6.20. The van der Waals surface area contributed by atoms with Gasteiger partial charge < -0.3 is 10.6 Å². The first-order chi connectivity index (χ1) is 10.2. The van der Waals surface area contributed by atoms with Gasteiger partial charge in [-0.15, -0.1) is 0 Å². The van der Waals surface area contributed by atoms with Gasteiger partial charge in [0.25, 0.3) is 0 Å².